The Balaban J connectivity index is 2.25. The SMILES string of the molecule is Cn1c(=O)n(C2CCC(=O)NC2=O)c2cccc(P)c21. The van der Waals surface area contributed by atoms with Gasteiger partial charge in [-0.05, 0) is 17.8 Å². The maximum Gasteiger partial charge on any atom is 0.329 e. The van der Waals surface area contributed by atoms with Gasteiger partial charge >= 0.3 is 5.69 Å². The van der Waals surface area contributed by atoms with Crippen LogP contribution in [0.15, 0.2) is 23.0 Å². The number of rotatable bonds is 1. The van der Waals surface area contributed by atoms with E-state index in [0.717, 1.165) is 10.8 Å². The van der Waals surface area contributed by atoms with E-state index in [2.05, 4.69) is 14.6 Å². The summed E-state index contributed by atoms with van der Waals surface area (Å²) in [5, 5.41) is 3.19. The van der Waals surface area contributed by atoms with Gasteiger partial charge in [-0.1, -0.05) is 12.1 Å². The van der Waals surface area contributed by atoms with Gasteiger partial charge in [-0.3, -0.25) is 24.0 Å². The average Bonchev–Trinajstić information content (AvgIpc) is 2.64. The number of hydrogen-bond donors (Lipinski definition) is 1. The molecule has 0 saturated carbocycles. The lowest BCUT2D eigenvalue weighted by molar-refractivity contribution is -0.135. The molecule has 1 fully saturated rings. The van der Waals surface area contributed by atoms with E-state index in [1.807, 2.05) is 18.2 Å². The van der Waals surface area contributed by atoms with Gasteiger partial charge in [-0.15, -0.1) is 9.24 Å². The number of fused-ring (bicyclic) bond motifs is 1. The van der Waals surface area contributed by atoms with E-state index in [1.165, 1.54) is 9.13 Å². The van der Waals surface area contributed by atoms with Crippen molar-refractivity contribution < 1.29 is 9.59 Å². The van der Waals surface area contributed by atoms with Crippen molar-refractivity contribution in [3.8, 4) is 0 Å². The number of aryl methyl sites for hydroxylation is 1. The standard InChI is InChI=1S/C13H14N3O3P/c1-15-11-7(3-2-4-9(11)20)16(13(15)19)8-5-6-10(17)14-12(8)18/h2-4,8H,5-6,20H2,1H3,(H,14,17,18). The fraction of sp³-hybridized carbons (Fsp3) is 0.308. The van der Waals surface area contributed by atoms with Gasteiger partial charge in [0.15, 0.2) is 0 Å². The number of carbonyl (C=O) groups is 2. The molecule has 2 aromatic rings. The molecule has 7 heteroatoms. The average molecular weight is 291 g/mol. The Morgan fingerprint density at radius 3 is 2.75 bits per heavy atom. The third kappa shape index (κ3) is 1.79. The minimum Gasteiger partial charge on any atom is -0.295 e. The van der Waals surface area contributed by atoms with Crippen LogP contribution in [0, 0.1) is 0 Å². The normalized spacial score (nSPS) is 19.4. The first-order valence-electron chi connectivity index (χ1n) is 6.30. The maximum atomic E-state index is 12.4. The first kappa shape index (κ1) is 13.1. The van der Waals surface area contributed by atoms with Crippen LogP contribution < -0.4 is 16.3 Å². The van der Waals surface area contributed by atoms with E-state index >= 15 is 0 Å². The van der Waals surface area contributed by atoms with Gasteiger partial charge in [0, 0.05) is 13.5 Å². The summed E-state index contributed by atoms with van der Waals surface area (Å²) in [5.41, 5.74) is 1.25. The molecule has 20 heavy (non-hydrogen) atoms. The van der Waals surface area contributed by atoms with Crippen LogP contribution in [0.2, 0.25) is 0 Å². The van der Waals surface area contributed by atoms with E-state index in [-0.39, 0.29) is 18.0 Å². The third-order valence-electron chi connectivity index (χ3n) is 3.66. The number of nitrogens with one attached hydrogen (secondary N) is 1. The minimum atomic E-state index is -0.629. The minimum absolute atomic E-state index is 0.246. The number of hydrogen-bond acceptors (Lipinski definition) is 3. The van der Waals surface area contributed by atoms with Crippen molar-refractivity contribution >= 4 is 37.4 Å². The van der Waals surface area contributed by atoms with Gasteiger partial charge in [0.05, 0.1) is 11.0 Å². The lowest BCUT2D eigenvalue weighted by atomic mass is 10.1. The van der Waals surface area contributed by atoms with Crippen LogP contribution in [0.25, 0.3) is 11.0 Å². The number of imide groups is 1. The number of aromatic nitrogens is 2. The van der Waals surface area contributed by atoms with Crippen LogP contribution in [0.4, 0.5) is 0 Å². The molecule has 0 aliphatic carbocycles. The molecule has 1 aromatic heterocycles. The molecule has 104 valence electrons. The number of nitrogens with zero attached hydrogens (tertiary/aromatic N) is 2. The van der Waals surface area contributed by atoms with Crippen LogP contribution in [-0.4, -0.2) is 20.9 Å². The molecule has 0 spiro atoms. The molecule has 0 radical (unpaired) electrons. The molecular formula is C13H14N3O3P. The lowest BCUT2D eigenvalue weighted by Crippen LogP contribution is -2.44. The number of para-hydroxylation sites is 1. The van der Waals surface area contributed by atoms with E-state index < -0.39 is 11.9 Å². The molecule has 2 unspecified atom stereocenters. The van der Waals surface area contributed by atoms with E-state index in [0.29, 0.717) is 11.9 Å². The number of imidazole rings is 1. The molecular weight excluding hydrogens is 277 g/mol. The van der Waals surface area contributed by atoms with Gasteiger partial charge in [-0.25, -0.2) is 4.79 Å². The number of carbonyl (C=O) groups excluding carboxylic acids is 2. The Kier molecular flexibility index (Phi) is 2.98. The van der Waals surface area contributed by atoms with Crippen molar-refractivity contribution in [2.75, 3.05) is 0 Å². The Morgan fingerprint density at radius 2 is 2.05 bits per heavy atom. The van der Waals surface area contributed by atoms with Crippen molar-refractivity contribution in [3.63, 3.8) is 0 Å². The largest absolute Gasteiger partial charge is 0.329 e. The predicted octanol–water partition coefficient (Wildman–Crippen LogP) is -0.182. The van der Waals surface area contributed by atoms with Crippen LogP contribution in [0.1, 0.15) is 18.9 Å². The van der Waals surface area contributed by atoms with Crippen molar-refractivity contribution in [1.82, 2.24) is 14.5 Å². The summed E-state index contributed by atoms with van der Waals surface area (Å²) in [5.74, 6) is -0.698. The molecule has 1 saturated heterocycles. The summed E-state index contributed by atoms with van der Waals surface area (Å²) in [6.45, 7) is 0. The summed E-state index contributed by atoms with van der Waals surface area (Å²) in [7, 11) is 4.27. The quantitative estimate of drug-likeness (QED) is 0.585. The predicted molar refractivity (Wildman–Crippen MR) is 77.9 cm³/mol. The second-order valence-corrected chi connectivity index (χ2v) is 5.52. The number of piperidine rings is 1. The second kappa shape index (κ2) is 4.56. The summed E-state index contributed by atoms with van der Waals surface area (Å²) in [6.07, 6.45) is 0.602. The van der Waals surface area contributed by atoms with E-state index in [4.69, 9.17) is 0 Å². The van der Waals surface area contributed by atoms with Crippen LogP contribution >= 0.6 is 9.24 Å². The summed E-state index contributed by atoms with van der Waals surface area (Å²) in [6, 6.07) is 4.91. The van der Waals surface area contributed by atoms with Gasteiger partial charge in [0.2, 0.25) is 11.8 Å². The molecule has 2 amide bonds. The smallest absolute Gasteiger partial charge is 0.295 e. The summed E-state index contributed by atoms with van der Waals surface area (Å²) < 4.78 is 3.01. The molecule has 2 atom stereocenters. The second-order valence-electron chi connectivity index (χ2n) is 4.89. The topological polar surface area (TPSA) is 73.1 Å². The highest BCUT2D eigenvalue weighted by Crippen LogP contribution is 2.22. The monoisotopic (exact) mass is 291 g/mol. The third-order valence-corrected chi connectivity index (χ3v) is 4.12. The first-order chi connectivity index (χ1) is 9.50. The molecule has 0 bridgehead atoms. The zero-order valence-electron chi connectivity index (χ0n) is 10.9. The zero-order chi connectivity index (χ0) is 14.4. The Hall–Kier alpha value is -1.94. The van der Waals surface area contributed by atoms with Crippen molar-refractivity contribution in [2.24, 2.45) is 7.05 Å². The highest BCUT2D eigenvalue weighted by molar-refractivity contribution is 7.28. The van der Waals surface area contributed by atoms with Gasteiger partial charge in [0.25, 0.3) is 0 Å². The molecule has 1 N–H and O–H groups in total. The Labute approximate surface area is 117 Å². The number of benzene rings is 1. The van der Waals surface area contributed by atoms with Gasteiger partial charge < -0.3 is 0 Å². The van der Waals surface area contributed by atoms with Crippen molar-refractivity contribution in [3.05, 3.63) is 28.7 Å². The lowest BCUT2D eigenvalue weighted by Gasteiger charge is -2.21. The maximum absolute atomic E-state index is 12.4. The Bertz CT molecular complexity index is 790. The van der Waals surface area contributed by atoms with Gasteiger partial charge in [-0.2, -0.15) is 0 Å². The molecule has 1 aromatic carbocycles. The summed E-state index contributed by atoms with van der Waals surface area (Å²) >= 11 is 0. The zero-order valence-corrected chi connectivity index (χ0v) is 12.1. The van der Waals surface area contributed by atoms with Crippen LogP contribution in [0.5, 0.6) is 0 Å². The van der Waals surface area contributed by atoms with Crippen LogP contribution in [-0.2, 0) is 16.6 Å². The molecule has 1 aliphatic heterocycles. The molecule has 6 nitrogen and oxygen atoms in total. The number of amides is 2. The highest BCUT2D eigenvalue weighted by Gasteiger charge is 2.31. The molecule has 2 heterocycles. The molecule has 1 aliphatic rings. The highest BCUT2D eigenvalue weighted by atomic mass is 31.0. The fourth-order valence-corrected chi connectivity index (χ4v) is 3.15. The van der Waals surface area contributed by atoms with Crippen molar-refractivity contribution in [1.29, 1.82) is 0 Å². The fourth-order valence-electron chi connectivity index (χ4n) is 2.70. The first-order valence-corrected chi connectivity index (χ1v) is 6.87. The van der Waals surface area contributed by atoms with E-state index in [9.17, 15) is 14.4 Å². The van der Waals surface area contributed by atoms with Gasteiger partial charge in [0.1, 0.15) is 6.04 Å². The Morgan fingerprint density at radius 1 is 1.30 bits per heavy atom. The van der Waals surface area contributed by atoms with Crippen LogP contribution in [0.3, 0.4) is 0 Å². The molecule has 3 rings (SSSR count). The van der Waals surface area contributed by atoms with Crippen molar-refractivity contribution in [2.45, 2.75) is 18.9 Å². The van der Waals surface area contributed by atoms with E-state index in [1.54, 1.807) is 7.05 Å². The summed E-state index contributed by atoms with van der Waals surface area (Å²) in [4.78, 5) is 35.6.